The molecule has 0 saturated heterocycles. The van der Waals surface area contributed by atoms with Crippen LogP contribution in [0.1, 0.15) is 10.5 Å². The van der Waals surface area contributed by atoms with Crippen molar-refractivity contribution >= 4 is 17.6 Å². The number of carbonyl (C=O) groups is 1. The van der Waals surface area contributed by atoms with Crippen LogP contribution in [0.25, 0.3) is 11.5 Å². The van der Waals surface area contributed by atoms with Gasteiger partial charge in [0.1, 0.15) is 0 Å². The highest BCUT2D eigenvalue weighted by molar-refractivity contribution is 6.30. The molecule has 0 aliphatic heterocycles. The summed E-state index contributed by atoms with van der Waals surface area (Å²) in [6, 6.07) is 6.86. The van der Waals surface area contributed by atoms with E-state index in [0.717, 1.165) is 0 Å². The zero-order valence-electron chi connectivity index (χ0n) is 9.77. The third kappa shape index (κ3) is 2.31. The van der Waals surface area contributed by atoms with Crippen LogP contribution in [0.2, 0.25) is 5.02 Å². The van der Waals surface area contributed by atoms with Crippen LogP contribution >= 0.6 is 11.6 Å². The summed E-state index contributed by atoms with van der Waals surface area (Å²) in [4.78, 5) is 15.5. The monoisotopic (exact) mass is 267 g/mol. The molecular weight excluding hydrogens is 258 g/mol. The summed E-state index contributed by atoms with van der Waals surface area (Å²) in [7, 11) is 2.65. The number of methoxy groups -OCH3 is 2. The molecule has 0 spiro atoms. The number of oxazole rings is 1. The SMILES string of the molecule is COC(=O)c1nc(-c2ccc(Cl)cc2)oc1OC. The predicted octanol–water partition coefficient (Wildman–Crippen LogP) is 2.79. The second-order valence-corrected chi connectivity index (χ2v) is 3.79. The molecule has 0 unspecified atom stereocenters. The summed E-state index contributed by atoms with van der Waals surface area (Å²) in [5.74, 6) is -0.327. The van der Waals surface area contributed by atoms with Gasteiger partial charge >= 0.3 is 11.9 Å². The molecule has 0 bridgehead atoms. The lowest BCUT2D eigenvalue weighted by Gasteiger charge is -1.95. The van der Waals surface area contributed by atoms with Crippen molar-refractivity contribution in [3.8, 4) is 17.4 Å². The van der Waals surface area contributed by atoms with Crippen LogP contribution in [0.3, 0.4) is 0 Å². The Hall–Kier alpha value is -2.01. The molecule has 94 valence electrons. The quantitative estimate of drug-likeness (QED) is 0.800. The van der Waals surface area contributed by atoms with Gasteiger partial charge in [0.25, 0.3) is 0 Å². The molecule has 0 amide bonds. The van der Waals surface area contributed by atoms with Gasteiger partial charge in [-0.25, -0.2) is 4.79 Å². The number of rotatable bonds is 3. The van der Waals surface area contributed by atoms with Crippen LogP contribution in [-0.2, 0) is 4.74 Å². The highest BCUT2D eigenvalue weighted by atomic mass is 35.5. The van der Waals surface area contributed by atoms with Crippen LogP contribution in [0.15, 0.2) is 28.7 Å². The number of nitrogens with zero attached hydrogens (tertiary/aromatic N) is 1. The number of benzene rings is 1. The van der Waals surface area contributed by atoms with Crippen LogP contribution < -0.4 is 4.74 Å². The fraction of sp³-hybridized carbons (Fsp3) is 0.167. The van der Waals surface area contributed by atoms with E-state index in [2.05, 4.69) is 9.72 Å². The fourth-order valence-corrected chi connectivity index (χ4v) is 1.51. The molecule has 6 heteroatoms. The van der Waals surface area contributed by atoms with E-state index in [0.29, 0.717) is 10.6 Å². The average molecular weight is 268 g/mol. The van der Waals surface area contributed by atoms with Crippen molar-refractivity contribution in [2.45, 2.75) is 0 Å². The van der Waals surface area contributed by atoms with Gasteiger partial charge in [-0.15, -0.1) is 0 Å². The topological polar surface area (TPSA) is 61.6 Å². The van der Waals surface area contributed by atoms with Gasteiger partial charge in [-0.1, -0.05) is 11.6 Å². The lowest BCUT2D eigenvalue weighted by atomic mass is 10.2. The molecule has 18 heavy (non-hydrogen) atoms. The summed E-state index contributed by atoms with van der Waals surface area (Å²) in [6.07, 6.45) is 0. The van der Waals surface area contributed by atoms with E-state index in [9.17, 15) is 4.79 Å². The first kappa shape index (κ1) is 12.4. The van der Waals surface area contributed by atoms with Crippen LogP contribution in [0, 0.1) is 0 Å². The normalized spacial score (nSPS) is 10.2. The van der Waals surface area contributed by atoms with E-state index in [1.165, 1.54) is 14.2 Å². The lowest BCUT2D eigenvalue weighted by Crippen LogP contribution is -2.03. The van der Waals surface area contributed by atoms with Gasteiger partial charge in [0.05, 0.1) is 14.2 Å². The molecule has 1 aromatic carbocycles. The van der Waals surface area contributed by atoms with Crippen LogP contribution in [-0.4, -0.2) is 25.2 Å². The summed E-state index contributed by atoms with van der Waals surface area (Å²) < 4.78 is 14.9. The van der Waals surface area contributed by atoms with Gasteiger partial charge in [0.2, 0.25) is 11.6 Å². The van der Waals surface area contributed by atoms with Gasteiger partial charge < -0.3 is 13.9 Å². The third-order valence-corrected chi connectivity index (χ3v) is 2.50. The number of ether oxygens (including phenoxy) is 2. The van der Waals surface area contributed by atoms with Gasteiger partial charge in [0, 0.05) is 10.6 Å². The maximum atomic E-state index is 11.4. The average Bonchev–Trinajstić information content (AvgIpc) is 2.82. The maximum Gasteiger partial charge on any atom is 0.364 e. The Balaban J connectivity index is 2.43. The number of halogens is 1. The summed E-state index contributed by atoms with van der Waals surface area (Å²) in [5, 5.41) is 0.602. The van der Waals surface area contributed by atoms with Crippen molar-refractivity contribution in [2.75, 3.05) is 14.2 Å². The largest absolute Gasteiger partial charge is 0.467 e. The van der Waals surface area contributed by atoms with Gasteiger partial charge in [0.15, 0.2) is 0 Å². The summed E-state index contributed by atoms with van der Waals surface area (Å²) >= 11 is 5.79. The Morgan fingerprint density at radius 3 is 2.50 bits per heavy atom. The van der Waals surface area contributed by atoms with Crippen molar-refractivity contribution in [1.29, 1.82) is 0 Å². The Labute approximate surface area is 108 Å². The van der Waals surface area contributed by atoms with Crippen molar-refractivity contribution in [3.05, 3.63) is 35.0 Å². The van der Waals surface area contributed by atoms with Crippen LogP contribution in [0.5, 0.6) is 5.95 Å². The van der Waals surface area contributed by atoms with Crippen LogP contribution in [0.4, 0.5) is 0 Å². The fourth-order valence-electron chi connectivity index (χ4n) is 1.39. The first-order chi connectivity index (χ1) is 8.65. The smallest absolute Gasteiger partial charge is 0.364 e. The Morgan fingerprint density at radius 2 is 1.94 bits per heavy atom. The minimum absolute atomic E-state index is 0.00458. The molecule has 0 aliphatic rings. The molecule has 0 N–H and O–H groups in total. The van der Waals surface area contributed by atoms with Crippen molar-refractivity contribution < 1.29 is 18.7 Å². The standard InChI is InChI=1S/C12H10ClNO4/c1-16-11(15)9-12(17-2)18-10(14-9)7-3-5-8(13)6-4-7/h3-6H,1-2H3. The maximum absolute atomic E-state index is 11.4. The predicted molar refractivity (Wildman–Crippen MR) is 64.8 cm³/mol. The molecule has 0 fully saturated rings. The Bertz CT molecular complexity index is 562. The van der Waals surface area contributed by atoms with Crippen molar-refractivity contribution in [2.24, 2.45) is 0 Å². The molecule has 1 aromatic heterocycles. The van der Waals surface area contributed by atoms with E-state index in [1.54, 1.807) is 24.3 Å². The van der Waals surface area contributed by atoms with Crippen molar-refractivity contribution in [3.63, 3.8) is 0 Å². The first-order valence-corrected chi connectivity index (χ1v) is 5.42. The zero-order chi connectivity index (χ0) is 13.1. The second-order valence-electron chi connectivity index (χ2n) is 3.36. The number of hydrogen-bond donors (Lipinski definition) is 0. The minimum Gasteiger partial charge on any atom is -0.467 e. The molecule has 5 nitrogen and oxygen atoms in total. The van der Waals surface area contributed by atoms with Gasteiger partial charge in [-0.2, -0.15) is 4.98 Å². The number of esters is 1. The molecule has 0 atom stereocenters. The van der Waals surface area contributed by atoms with Gasteiger partial charge in [-0.3, -0.25) is 0 Å². The van der Waals surface area contributed by atoms with E-state index in [-0.39, 0.29) is 17.5 Å². The van der Waals surface area contributed by atoms with E-state index >= 15 is 0 Å². The number of aromatic nitrogens is 1. The van der Waals surface area contributed by atoms with Crippen molar-refractivity contribution in [1.82, 2.24) is 4.98 Å². The highest BCUT2D eigenvalue weighted by Gasteiger charge is 2.22. The number of carbonyl (C=O) groups excluding carboxylic acids is 1. The van der Waals surface area contributed by atoms with E-state index in [1.807, 2.05) is 0 Å². The molecule has 0 radical (unpaired) electrons. The molecule has 0 aliphatic carbocycles. The second kappa shape index (κ2) is 5.10. The summed E-state index contributed by atoms with van der Waals surface area (Å²) in [6.45, 7) is 0. The molecular formula is C12H10ClNO4. The molecule has 1 heterocycles. The van der Waals surface area contributed by atoms with Gasteiger partial charge in [-0.05, 0) is 24.3 Å². The third-order valence-electron chi connectivity index (χ3n) is 2.25. The Morgan fingerprint density at radius 1 is 1.28 bits per heavy atom. The lowest BCUT2D eigenvalue weighted by molar-refractivity contribution is 0.0588. The number of hydrogen-bond acceptors (Lipinski definition) is 5. The molecule has 0 saturated carbocycles. The van der Waals surface area contributed by atoms with E-state index < -0.39 is 5.97 Å². The Kier molecular flexibility index (Phi) is 3.53. The zero-order valence-corrected chi connectivity index (χ0v) is 10.5. The molecule has 2 rings (SSSR count). The molecule has 2 aromatic rings. The first-order valence-electron chi connectivity index (χ1n) is 5.04. The highest BCUT2D eigenvalue weighted by Crippen LogP contribution is 2.28. The van der Waals surface area contributed by atoms with E-state index in [4.69, 9.17) is 20.8 Å². The summed E-state index contributed by atoms with van der Waals surface area (Å²) in [5.41, 5.74) is 0.692. The minimum atomic E-state index is -0.615.